The lowest BCUT2D eigenvalue weighted by Crippen LogP contribution is -2.44. The van der Waals surface area contributed by atoms with Crippen molar-refractivity contribution >= 4 is 17.8 Å². The normalized spacial score (nSPS) is 16.7. The monoisotopic (exact) mass is 607 g/mol. The minimum absolute atomic E-state index is 0.0465. The highest BCUT2D eigenvalue weighted by atomic mass is 19.4. The molecule has 0 atom stereocenters. The number of piperidine rings is 2. The van der Waals surface area contributed by atoms with Gasteiger partial charge in [-0.25, -0.2) is 9.18 Å². The van der Waals surface area contributed by atoms with Crippen LogP contribution in [0.4, 0.5) is 17.6 Å². The average Bonchev–Trinajstić information content (AvgIpc) is 2.98. The molecule has 43 heavy (non-hydrogen) atoms. The molecule has 2 aliphatic heterocycles. The summed E-state index contributed by atoms with van der Waals surface area (Å²) in [5, 5.41) is 7.12. The van der Waals surface area contributed by atoms with Gasteiger partial charge in [0.05, 0.1) is 0 Å². The van der Waals surface area contributed by atoms with Crippen LogP contribution in [0, 0.1) is 17.7 Å². The lowest BCUT2D eigenvalue weighted by molar-refractivity contribution is -0.192. The van der Waals surface area contributed by atoms with Crippen molar-refractivity contribution in [1.82, 2.24) is 14.7 Å². The Labute approximate surface area is 250 Å². The van der Waals surface area contributed by atoms with Crippen molar-refractivity contribution in [1.29, 1.82) is 0 Å². The van der Waals surface area contributed by atoms with Crippen molar-refractivity contribution in [3.05, 3.63) is 71.5 Å². The second-order valence-electron chi connectivity index (χ2n) is 11.3. The molecule has 7 nitrogen and oxygen atoms in total. The van der Waals surface area contributed by atoms with Gasteiger partial charge in [-0.1, -0.05) is 42.5 Å². The molecule has 0 saturated carbocycles. The maximum atomic E-state index is 13.5. The Morgan fingerprint density at radius 1 is 0.884 bits per heavy atom. The van der Waals surface area contributed by atoms with Crippen LogP contribution in [0.1, 0.15) is 50.2 Å². The first-order chi connectivity index (χ1) is 20.4. The molecule has 2 saturated heterocycles. The van der Waals surface area contributed by atoms with Crippen LogP contribution in [0.5, 0.6) is 0 Å². The molecule has 2 heterocycles. The Balaban J connectivity index is 0.000000646. The quantitative estimate of drug-likeness (QED) is 0.387. The third-order valence-electron chi connectivity index (χ3n) is 8.11. The molecule has 236 valence electrons. The number of amides is 2. The Morgan fingerprint density at radius 2 is 1.47 bits per heavy atom. The Bertz CT molecular complexity index is 1160. The van der Waals surface area contributed by atoms with E-state index < -0.39 is 12.1 Å². The number of carbonyl (C=O) groups excluding carboxylic acids is 2. The molecular formula is C32H41F4N3O4. The molecule has 4 rings (SSSR count). The van der Waals surface area contributed by atoms with Gasteiger partial charge in [-0.2, -0.15) is 13.2 Å². The minimum atomic E-state index is -5.08. The van der Waals surface area contributed by atoms with Gasteiger partial charge in [-0.3, -0.25) is 9.59 Å². The number of carbonyl (C=O) groups is 3. The fraction of sp³-hybridized carbons (Fsp3) is 0.531. The zero-order valence-corrected chi connectivity index (χ0v) is 24.6. The van der Waals surface area contributed by atoms with E-state index in [9.17, 15) is 27.2 Å². The summed E-state index contributed by atoms with van der Waals surface area (Å²) in [5.41, 5.74) is 2.38. The predicted octanol–water partition coefficient (Wildman–Crippen LogP) is 5.39. The van der Waals surface area contributed by atoms with Crippen LogP contribution in [0.2, 0.25) is 0 Å². The molecule has 2 aliphatic rings. The summed E-state index contributed by atoms with van der Waals surface area (Å²) in [6, 6.07) is 17.2. The number of alkyl halides is 3. The van der Waals surface area contributed by atoms with Gasteiger partial charge >= 0.3 is 12.1 Å². The van der Waals surface area contributed by atoms with E-state index in [1.54, 1.807) is 19.1 Å². The Morgan fingerprint density at radius 3 is 2.00 bits per heavy atom. The molecule has 0 aliphatic carbocycles. The fourth-order valence-corrected chi connectivity index (χ4v) is 5.62. The van der Waals surface area contributed by atoms with E-state index in [1.165, 1.54) is 30.5 Å². The lowest BCUT2D eigenvalue weighted by Gasteiger charge is -2.35. The van der Waals surface area contributed by atoms with E-state index in [1.807, 2.05) is 9.80 Å². The fourth-order valence-electron chi connectivity index (χ4n) is 5.62. The zero-order valence-electron chi connectivity index (χ0n) is 24.6. The molecule has 2 amide bonds. The first kappa shape index (κ1) is 34.0. The SMILES string of the molecule is CC(=O)N1CCC(C(=O)N(CCCN2CCC(Cc3ccccc3)CC2)Cc2ccc(F)cc2)CC1.O=C(O)C(F)(F)F. The lowest BCUT2D eigenvalue weighted by atomic mass is 9.90. The van der Waals surface area contributed by atoms with Crippen LogP contribution in [-0.4, -0.2) is 83.0 Å². The van der Waals surface area contributed by atoms with Crippen LogP contribution in [-0.2, 0) is 27.3 Å². The summed E-state index contributed by atoms with van der Waals surface area (Å²) in [5.74, 6) is -2.06. The topological polar surface area (TPSA) is 81.2 Å². The van der Waals surface area contributed by atoms with Crippen LogP contribution in [0.3, 0.4) is 0 Å². The molecule has 0 bridgehead atoms. The van der Waals surface area contributed by atoms with E-state index >= 15 is 0 Å². The number of rotatable bonds is 9. The molecule has 0 unspecified atom stereocenters. The predicted molar refractivity (Wildman–Crippen MR) is 154 cm³/mol. The number of halogens is 4. The van der Waals surface area contributed by atoms with Crippen LogP contribution < -0.4 is 0 Å². The first-order valence-electron chi connectivity index (χ1n) is 14.8. The van der Waals surface area contributed by atoms with Gasteiger partial charge < -0.3 is 19.8 Å². The van der Waals surface area contributed by atoms with Gasteiger partial charge in [-0.05, 0) is 87.3 Å². The number of nitrogens with zero attached hydrogens (tertiary/aromatic N) is 3. The number of carboxylic acids is 1. The van der Waals surface area contributed by atoms with Crippen LogP contribution >= 0.6 is 0 Å². The number of hydrogen-bond acceptors (Lipinski definition) is 4. The van der Waals surface area contributed by atoms with E-state index in [0.29, 0.717) is 39.0 Å². The van der Waals surface area contributed by atoms with Crippen molar-refractivity contribution in [2.24, 2.45) is 11.8 Å². The highest BCUT2D eigenvalue weighted by Crippen LogP contribution is 2.23. The maximum absolute atomic E-state index is 13.5. The number of carboxylic acid groups (broad SMARTS) is 1. The molecule has 2 fully saturated rings. The number of aliphatic carboxylic acids is 1. The number of benzene rings is 2. The van der Waals surface area contributed by atoms with Crippen molar-refractivity contribution in [2.45, 2.75) is 58.2 Å². The Kier molecular flexibility index (Phi) is 13.0. The van der Waals surface area contributed by atoms with Gasteiger partial charge in [0, 0.05) is 39.0 Å². The number of hydrogen-bond donors (Lipinski definition) is 1. The summed E-state index contributed by atoms with van der Waals surface area (Å²) >= 11 is 0. The number of likely N-dealkylation sites (tertiary alicyclic amines) is 2. The molecule has 0 aromatic heterocycles. The summed E-state index contributed by atoms with van der Waals surface area (Å²) in [6.07, 6.45) is 0.893. The summed E-state index contributed by atoms with van der Waals surface area (Å²) in [6.45, 7) is 7.32. The first-order valence-corrected chi connectivity index (χ1v) is 14.8. The Hall–Kier alpha value is -3.47. The van der Waals surface area contributed by atoms with Crippen molar-refractivity contribution in [3.8, 4) is 0 Å². The van der Waals surface area contributed by atoms with Gasteiger partial charge in [0.1, 0.15) is 5.82 Å². The molecule has 0 spiro atoms. The van der Waals surface area contributed by atoms with Crippen molar-refractivity contribution in [2.75, 3.05) is 39.3 Å². The van der Waals surface area contributed by atoms with Crippen molar-refractivity contribution in [3.63, 3.8) is 0 Å². The highest BCUT2D eigenvalue weighted by molar-refractivity contribution is 5.79. The van der Waals surface area contributed by atoms with E-state index in [0.717, 1.165) is 44.0 Å². The summed E-state index contributed by atoms with van der Waals surface area (Å²) in [7, 11) is 0. The van der Waals surface area contributed by atoms with Crippen LogP contribution in [0.25, 0.3) is 0 Å². The second kappa shape index (κ2) is 16.4. The smallest absolute Gasteiger partial charge is 0.475 e. The summed E-state index contributed by atoms with van der Waals surface area (Å²) < 4.78 is 45.2. The standard InChI is InChI=1S/C30H40FN3O2.C2HF3O2/c1-24(35)33-20-14-28(15-21-33)30(36)34(23-27-8-10-29(31)11-9-27)17-5-16-32-18-12-26(13-19-32)22-25-6-3-2-4-7-25;3-2(4,5)1(6)7/h2-4,6-11,26,28H,5,12-23H2,1H3;(H,6,7). The van der Waals surface area contributed by atoms with Crippen molar-refractivity contribution < 1.29 is 37.1 Å². The summed E-state index contributed by atoms with van der Waals surface area (Å²) in [4.78, 5) is 40.4. The highest BCUT2D eigenvalue weighted by Gasteiger charge is 2.38. The second-order valence-corrected chi connectivity index (χ2v) is 11.3. The maximum Gasteiger partial charge on any atom is 0.490 e. The molecule has 1 N–H and O–H groups in total. The zero-order chi connectivity index (χ0) is 31.4. The van der Waals surface area contributed by atoms with E-state index in [4.69, 9.17) is 9.90 Å². The molecule has 2 aromatic carbocycles. The largest absolute Gasteiger partial charge is 0.490 e. The van der Waals surface area contributed by atoms with Gasteiger partial charge in [0.15, 0.2) is 0 Å². The van der Waals surface area contributed by atoms with Gasteiger partial charge in [-0.15, -0.1) is 0 Å². The minimum Gasteiger partial charge on any atom is -0.475 e. The van der Waals surface area contributed by atoms with E-state index in [2.05, 4.69) is 35.2 Å². The van der Waals surface area contributed by atoms with Gasteiger partial charge in [0.2, 0.25) is 11.8 Å². The third-order valence-corrected chi connectivity index (χ3v) is 8.11. The molecule has 0 radical (unpaired) electrons. The van der Waals surface area contributed by atoms with E-state index in [-0.39, 0.29) is 23.5 Å². The van der Waals surface area contributed by atoms with Crippen LogP contribution in [0.15, 0.2) is 54.6 Å². The molecular weight excluding hydrogens is 566 g/mol. The average molecular weight is 608 g/mol. The molecule has 11 heteroatoms. The molecule has 2 aromatic rings. The third kappa shape index (κ3) is 11.6. The van der Waals surface area contributed by atoms with Gasteiger partial charge in [0.25, 0.3) is 0 Å².